The number of rotatable bonds is 6. The summed E-state index contributed by atoms with van der Waals surface area (Å²) in [6.07, 6.45) is 1.63. The molecular weight excluding hydrogens is 416 g/mol. The number of aromatic nitrogens is 3. The summed E-state index contributed by atoms with van der Waals surface area (Å²) in [5.41, 5.74) is 3.72. The molecule has 0 bridgehead atoms. The van der Waals surface area contributed by atoms with Crippen LogP contribution in [0, 0.1) is 6.92 Å². The molecular formula is C22H21ClN6O2. The van der Waals surface area contributed by atoms with Crippen molar-refractivity contribution in [1.29, 1.82) is 0 Å². The van der Waals surface area contributed by atoms with E-state index in [1.165, 1.54) is 5.56 Å². The van der Waals surface area contributed by atoms with Gasteiger partial charge in [0.15, 0.2) is 5.96 Å². The molecule has 4 aromatic rings. The molecule has 0 spiro atoms. The molecule has 158 valence electrons. The second-order valence-electron chi connectivity index (χ2n) is 6.81. The van der Waals surface area contributed by atoms with Gasteiger partial charge in [0.1, 0.15) is 6.26 Å². The number of halogens is 1. The Balaban J connectivity index is 1.30. The van der Waals surface area contributed by atoms with Crippen LogP contribution < -0.4 is 10.6 Å². The van der Waals surface area contributed by atoms with Gasteiger partial charge in [-0.15, -0.1) is 0 Å². The summed E-state index contributed by atoms with van der Waals surface area (Å²) in [6.45, 7) is 2.82. The Morgan fingerprint density at radius 2 is 1.68 bits per heavy atom. The summed E-state index contributed by atoms with van der Waals surface area (Å²) in [6, 6.07) is 15.3. The average Bonchev–Trinajstić information content (AvgIpc) is 3.45. The molecule has 0 unspecified atom stereocenters. The molecule has 0 aliphatic carbocycles. The molecule has 2 heterocycles. The van der Waals surface area contributed by atoms with E-state index >= 15 is 0 Å². The van der Waals surface area contributed by atoms with Crippen LogP contribution in [0.5, 0.6) is 0 Å². The molecule has 0 radical (unpaired) electrons. The van der Waals surface area contributed by atoms with Crippen molar-refractivity contribution in [2.24, 2.45) is 4.99 Å². The Kier molecular flexibility index (Phi) is 6.28. The van der Waals surface area contributed by atoms with Crippen LogP contribution in [0.2, 0.25) is 5.02 Å². The fourth-order valence-electron chi connectivity index (χ4n) is 2.81. The number of guanidine groups is 1. The first-order valence-electron chi connectivity index (χ1n) is 9.65. The van der Waals surface area contributed by atoms with Crippen LogP contribution in [-0.2, 0) is 13.1 Å². The van der Waals surface area contributed by atoms with Crippen molar-refractivity contribution < 1.29 is 8.94 Å². The minimum Gasteiger partial charge on any atom is -0.444 e. The largest absolute Gasteiger partial charge is 0.444 e. The molecule has 4 rings (SSSR count). The van der Waals surface area contributed by atoms with E-state index in [-0.39, 0.29) is 0 Å². The van der Waals surface area contributed by atoms with E-state index in [0.29, 0.717) is 41.7 Å². The summed E-state index contributed by atoms with van der Waals surface area (Å²) >= 11 is 5.91. The summed E-state index contributed by atoms with van der Waals surface area (Å²) < 4.78 is 10.9. The minimum absolute atomic E-state index is 0.327. The lowest BCUT2D eigenvalue weighted by Crippen LogP contribution is -2.36. The highest BCUT2D eigenvalue weighted by molar-refractivity contribution is 6.30. The molecule has 0 fully saturated rings. The lowest BCUT2D eigenvalue weighted by molar-refractivity contribution is 0.375. The Bertz CT molecular complexity index is 1080. The Morgan fingerprint density at radius 3 is 2.42 bits per heavy atom. The fraction of sp³-hybridized carbons (Fsp3) is 0.182. The molecule has 0 amide bonds. The third-order valence-corrected chi connectivity index (χ3v) is 4.74. The van der Waals surface area contributed by atoms with Gasteiger partial charge in [-0.3, -0.25) is 4.99 Å². The number of aliphatic imine (C=N–C) groups is 1. The molecule has 0 saturated heterocycles. The first kappa shape index (κ1) is 20.6. The third-order valence-electron chi connectivity index (χ3n) is 4.49. The molecule has 9 heteroatoms. The molecule has 8 nitrogen and oxygen atoms in total. The van der Waals surface area contributed by atoms with E-state index in [9.17, 15) is 0 Å². The Labute approximate surface area is 184 Å². The van der Waals surface area contributed by atoms with E-state index in [1.54, 1.807) is 25.4 Å². The smallest absolute Gasteiger partial charge is 0.246 e. The normalized spacial score (nSPS) is 11.5. The summed E-state index contributed by atoms with van der Waals surface area (Å²) in [4.78, 5) is 13.1. The van der Waals surface area contributed by atoms with Gasteiger partial charge in [0.2, 0.25) is 17.6 Å². The van der Waals surface area contributed by atoms with Crippen molar-refractivity contribution in [3.05, 3.63) is 77.0 Å². The first-order valence-corrected chi connectivity index (χ1v) is 10.0. The predicted molar refractivity (Wildman–Crippen MR) is 118 cm³/mol. The van der Waals surface area contributed by atoms with Crippen LogP contribution in [0.4, 0.5) is 0 Å². The van der Waals surface area contributed by atoms with E-state index in [1.807, 2.05) is 43.3 Å². The van der Waals surface area contributed by atoms with Gasteiger partial charge in [0.25, 0.3) is 0 Å². The maximum absolute atomic E-state index is 5.91. The van der Waals surface area contributed by atoms with Gasteiger partial charge < -0.3 is 19.6 Å². The molecule has 2 N–H and O–H groups in total. The number of nitrogens with zero attached hydrogens (tertiary/aromatic N) is 4. The number of nitrogens with one attached hydrogen (secondary N) is 2. The van der Waals surface area contributed by atoms with Crippen molar-refractivity contribution >= 4 is 17.6 Å². The predicted octanol–water partition coefficient (Wildman–Crippen LogP) is 4.22. The monoisotopic (exact) mass is 436 g/mol. The maximum atomic E-state index is 5.91. The summed E-state index contributed by atoms with van der Waals surface area (Å²) in [7, 11) is 1.68. The van der Waals surface area contributed by atoms with Crippen molar-refractivity contribution in [2.45, 2.75) is 20.0 Å². The van der Waals surface area contributed by atoms with Crippen LogP contribution >= 0.6 is 11.6 Å². The van der Waals surface area contributed by atoms with Gasteiger partial charge in [-0.2, -0.15) is 4.98 Å². The quantitative estimate of drug-likeness (QED) is 0.344. The molecule has 0 atom stereocenters. The topological polar surface area (TPSA) is 101 Å². The van der Waals surface area contributed by atoms with Gasteiger partial charge in [-0.05, 0) is 43.3 Å². The zero-order valence-corrected chi connectivity index (χ0v) is 17.8. The van der Waals surface area contributed by atoms with Crippen LogP contribution in [0.1, 0.15) is 17.1 Å². The first-order chi connectivity index (χ1) is 15.1. The second-order valence-corrected chi connectivity index (χ2v) is 7.24. The highest BCUT2D eigenvalue weighted by atomic mass is 35.5. The SMILES string of the molecule is CN=C(NCc1coc(-c2ccc(C)cc2)n1)NCc1nc(-c2ccc(Cl)cc2)no1. The highest BCUT2D eigenvalue weighted by Gasteiger charge is 2.10. The van der Waals surface area contributed by atoms with Crippen molar-refractivity contribution in [3.63, 3.8) is 0 Å². The molecule has 2 aromatic heterocycles. The second kappa shape index (κ2) is 9.44. The zero-order chi connectivity index (χ0) is 21.6. The maximum Gasteiger partial charge on any atom is 0.246 e. The molecule has 0 saturated carbocycles. The molecule has 0 aliphatic rings. The highest BCUT2D eigenvalue weighted by Crippen LogP contribution is 2.20. The van der Waals surface area contributed by atoms with Crippen molar-refractivity contribution in [1.82, 2.24) is 25.8 Å². The van der Waals surface area contributed by atoms with Gasteiger partial charge in [-0.1, -0.05) is 34.5 Å². The van der Waals surface area contributed by atoms with Gasteiger partial charge >= 0.3 is 0 Å². The number of aryl methyl sites for hydroxylation is 1. The summed E-state index contributed by atoms with van der Waals surface area (Å²) in [5, 5.41) is 11.0. The van der Waals surface area contributed by atoms with Crippen LogP contribution in [-0.4, -0.2) is 28.1 Å². The van der Waals surface area contributed by atoms with Gasteiger partial charge in [0.05, 0.1) is 18.8 Å². The molecule has 0 aliphatic heterocycles. The van der Waals surface area contributed by atoms with Crippen LogP contribution in [0.25, 0.3) is 22.8 Å². The summed E-state index contributed by atoms with van der Waals surface area (Å²) in [5.74, 6) is 2.10. The van der Waals surface area contributed by atoms with E-state index in [4.69, 9.17) is 20.5 Å². The van der Waals surface area contributed by atoms with E-state index in [2.05, 4.69) is 30.8 Å². The van der Waals surface area contributed by atoms with Crippen molar-refractivity contribution in [2.75, 3.05) is 7.05 Å². The number of oxazole rings is 1. The molecule has 2 aromatic carbocycles. The zero-order valence-electron chi connectivity index (χ0n) is 17.1. The molecule has 31 heavy (non-hydrogen) atoms. The number of hydrogen-bond donors (Lipinski definition) is 2. The van der Waals surface area contributed by atoms with Crippen LogP contribution in [0.15, 0.2) is 68.7 Å². The van der Waals surface area contributed by atoms with Crippen molar-refractivity contribution in [3.8, 4) is 22.8 Å². The van der Waals surface area contributed by atoms with Crippen LogP contribution in [0.3, 0.4) is 0 Å². The Hall–Kier alpha value is -3.65. The van der Waals surface area contributed by atoms with E-state index < -0.39 is 0 Å². The number of hydrogen-bond acceptors (Lipinski definition) is 6. The average molecular weight is 437 g/mol. The Morgan fingerprint density at radius 1 is 0.968 bits per heavy atom. The minimum atomic E-state index is 0.327. The lowest BCUT2D eigenvalue weighted by Gasteiger charge is -2.08. The lowest BCUT2D eigenvalue weighted by atomic mass is 10.1. The van der Waals surface area contributed by atoms with Gasteiger partial charge in [-0.25, -0.2) is 4.98 Å². The standard InChI is InChI=1S/C22H21ClN6O2/c1-14-3-5-16(6-4-14)21-27-18(13-30-21)11-25-22(24-2)26-12-19-28-20(29-31-19)15-7-9-17(23)10-8-15/h3-10,13H,11-12H2,1-2H3,(H2,24,25,26). The fourth-order valence-corrected chi connectivity index (χ4v) is 2.94. The van der Waals surface area contributed by atoms with E-state index in [0.717, 1.165) is 16.8 Å². The third kappa shape index (κ3) is 5.29. The van der Waals surface area contributed by atoms with Gasteiger partial charge in [0, 0.05) is 23.2 Å². The number of benzene rings is 2.